The molecule has 0 atom stereocenters. The zero-order valence-electron chi connectivity index (χ0n) is 22.7. The van der Waals surface area contributed by atoms with Crippen LogP contribution >= 0.6 is 11.6 Å². The molecule has 208 valence electrons. The number of halogens is 1. The molecule has 0 N–H and O–H groups in total. The van der Waals surface area contributed by atoms with Gasteiger partial charge >= 0.3 is 11.9 Å². The Morgan fingerprint density at radius 1 is 0.590 bits per heavy atom. The van der Waals surface area contributed by atoms with E-state index in [2.05, 4.69) is 13.8 Å². The van der Waals surface area contributed by atoms with Gasteiger partial charge < -0.3 is 18.9 Å². The van der Waals surface area contributed by atoms with Crippen LogP contribution in [-0.4, -0.2) is 25.2 Å². The molecule has 0 radical (unpaired) electrons. The molecule has 6 nitrogen and oxygen atoms in total. The third-order valence-corrected chi connectivity index (χ3v) is 6.33. The summed E-state index contributed by atoms with van der Waals surface area (Å²) in [6.07, 6.45) is 9.04. The Hall–Kier alpha value is -3.51. The lowest BCUT2D eigenvalue weighted by molar-refractivity contribution is 0.0719. The first-order valence-corrected chi connectivity index (χ1v) is 14.1. The van der Waals surface area contributed by atoms with Crippen molar-refractivity contribution >= 4 is 23.5 Å². The molecule has 7 heteroatoms. The number of rotatable bonds is 16. The fraction of sp³-hybridized carbons (Fsp3) is 0.375. The van der Waals surface area contributed by atoms with Crippen LogP contribution in [0.4, 0.5) is 0 Å². The summed E-state index contributed by atoms with van der Waals surface area (Å²) in [7, 11) is 0. The minimum atomic E-state index is -0.552. The summed E-state index contributed by atoms with van der Waals surface area (Å²) in [6, 6.07) is 18.0. The minimum absolute atomic E-state index is 0.146. The van der Waals surface area contributed by atoms with Gasteiger partial charge in [0, 0.05) is 6.07 Å². The third-order valence-electron chi connectivity index (χ3n) is 6.03. The van der Waals surface area contributed by atoms with E-state index in [4.69, 9.17) is 30.5 Å². The van der Waals surface area contributed by atoms with Crippen molar-refractivity contribution in [1.29, 1.82) is 0 Å². The molecule has 0 saturated carbocycles. The standard InChI is InChI=1S/C32H37ClO6/c1-3-5-7-9-21-36-26-15-11-24(12-16-26)31(34)38-28-19-20-30(29(33)23-28)39-32(35)25-13-17-27(18-14-25)37-22-10-8-6-4-2/h11-20,23H,3-10,21-22H2,1-2H3. The highest BCUT2D eigenvalue weighted by Gasteiger charge is 2.14. The molecule has 0 amide bonds. The van der Waals surface area contributed by atoms with E-state index in [9.17, 15) is 9.59 Å². The molecular formula is C32H37ClO6. The van der Waals surface area contributed by atoms with Crippen LogP contribution in [0.2, 0.25) is 5.02 Å². The highest BCUT2D eigenvalue weighted by atomic mass is 35.5. The smallest absolute Gasteiger partial charge is 0.343 e. The van der Waals surface area contributed by atoms with Crippen LogP contribution in [0.1, 0.15) is 85.9 Å². The van der Waals surface area contributed by atoms with Crippen molar-refractivity contribution in [3.63, 3.8) is 0 Å². The first-order valence-electron chi connectivity index (χ1n) is 13.7. The van der Waals surface area contributed by atoms with Gasteiger partial charge in [0.1, 0.15) is 23.0 Å². The lowest BCUT2D eigenvalue weighted by atomic mass is 10.2. The van der Waals surface area contributed by atoms with Crippen molar-refractivity contribution in [1.82, 2.24) is 0 Å². The van der Waals surface area contributed by atoms with Crippen molar-refractivity contribution in [2.24, 2.45) is 0 Å². The van der Waals surface area contributed by atoms with Crippen molar-refractivity contribution in [2.75, 3.05) is 13.2 Å². The molecule has 0 aromatic heterocycles. The van der Waals surface area contributed by atoms with E-state index in [0.29, 0.717) is 35.8 Å². The van der Waals surface area contributed by atoms with Gasteiger partial charge in [-0.2, -0.15) is 0 Å². The van der Waals surface area contributed by atoms with Crippen molar-refractivity contribution < 1.29 is 28.5 Å². The van der Waals surface area contributed by atoms with Crippen LogP contribution in [0.3, 0.4) is 0 Å². The highest BCUT2D eigenvalue weighted by Crippen LogP contribution is 2.30. The van der Waals surface area contributed by atoms with Gasteiger partial charge in [-0.05, 0) is 73.5 Å². The number of carbonyl (C=O) groups excluding carboxylic acids is 2. The number of hydrogen-bond donors (Lipinski definition) is 0. The van der Waals surface area contributed by atoms with Gasteiger partial charge in [0.25, 0.3) is 0 Å². The molecule has 0 aliphatic rings. The molecule has 0 aliphatic carbocycles. The third kappa shape index (κ3) is 10.3. The quantitative estimate of drug-likeness (QED) is 0.100. The summed E-state index contributed by atoms with van der Waals surface area (Å²) in [5.41, 5.74) is 0.752. The van der Waals surface area contributed by atoms with Gasteiger partial charge in [-0.25, -0.2) is 9.59 Å². The number of esters is 2. The van der Waals surface area contributed by atoms with Gasteiger partial charge in [0.2, 0.25) is 0 Å². The number of unbranched alkanes of at least 4 members (excludes halogenated alkanes) is 6. The van der Waals surface area contributed by atoms with Crippen LogP contribution in [0.5, 0.6) is 23.0 Å². The summed E-state index contributed by atoms with van der Waals surface area (Å²) >= 11 is 6.30. The molecule has 0 heterocycles. The maximum Gasteiger partial charge on any atom is 0.343 e. The van der Waals surface area contributed by atoms with Crippen LogP contribution in [-0.2, 0) is 0 Å². The van der Waals surface area contributed by atoms with E-state index in [1.54, 1.807) is 48.5 Å². The van der Waals surface area contributed by atoms with E-state index in [-0.39, 0.29) is 16.5 Å². The highest BCUT2D eigenvalue weighted by molar-refractivity contribution is 6.32. The van der Waals surface area contributed by atoms with E-state index in [1.165, 1.54) is 43.9 Å². The second-order valence-electron chi connectivity index (χ2n) is 9.24. The lowest BCUT2D eigenvalue weighted by Crippen LogP contribution is -2.10. The zero-order chi connectivity index (χ0) is 27.9. The van der Waals surface area contributed by atoms with E-state index in [0.717, 1.165) is 25.7 Å². The Labute approximate surface area is 236 Å². The Kier molecular flexibility index (Phi) is 12.7. The maximum atomic E-state index is 12.6. The minimum Gasteiger partial charge on any atom is -0.494 e. The van der Waals surface area contributed by atoms with Gasteiger partial charge in [-0.3, -0.25) is 0 Å². The molecule has 39 heavy (non-hydrogen) atoms. The summed E-state index contributed by atoms with van der Waals surface area (Å²) in [4.78, 5) is 25.1. The van der Waals surface area contributed by atoms with Gasteiger partial charge in [-0.1, -0.05) is 64.0 Å². The van der Waals surface area contributed by atoms with Crippen LogP contribution in [0.25, 0.3) is 0 Å². The van der Waals surface area contributed by atoms with Gasteiger partial charge in [0.15, 0.2) is 0 Å². The topological polar surface area (TPSA) is 71.1 Å². The van der Waals surface area contributed by atoms with Crippen molar-refractivity contribution in [3.05, 3.63) is 82.9 Å². The van der Waals surface area contributed by atoms with E-state index in [1.807, 2.05) is 0 Å². The number of hydrogen-bond acceptors (Lipinski definition) is 6. The molecule has 0 unspecified atom stereocenters. The van der Waals surface area contributed by atoms with E-state index >= 15 is 0 Å². The first-order chi connectivity index (χ1) is 19.0. The largest absolute Gasteiger partial charge is 0.494 e. The molecule has 3 aromatic carbocycles. The summed E-state index contributed by atoms with van der Waals surface area (Å²) in [5.74, 6) is 0.736. The number of carbonyl (C=O) groups is 2. The predicted molar refractivity (Wildman–Crippen MR) is 154 cm³/mol. The van der Waals surface area contributed by atoms with E-state index < -0.39 is 11.9 Å². The molecule has 3 aromatic rings. The predicted octanol–water partition coefficient (Wildman–Crippen LogP) is 8.70. The number of ether oxygens (including phenoxy) is 4. The van der Waals surface area contributed by atoms with Gasteiger partial charge in [0.05, 0.1) is 29.4 Å². The Balaban J connectivity index is 1.48. The Bertz CT molecular complexity index is 1170. The van der Waals surface area contributed by atoms with Gasteiger partial charge in [-0.15, -0.1) is 0 Å². The normalized spacial score (nSPS) is 10.6. The second-order valence-corrected chi connectivity index (χ2v) is 9.65. The fourth-order valence-electron chi connectivity index (χ4n) is 3.76. The van der Waals surface area contributed by atoms with Crippen LogP contribution < -0.4 is 18.9 Å². The van der Waals surface area contributed by atoms with Crippen LogP contribution in [0.15, 0.2) is 66.7 Å². The number of benzene rings is 3. The average molecular weight is 553 g/mol. The molecule has 0 saturated heterocycles. The zero-order valence-corrected chi connectivity index (χ0v) is 23.5. The van der Waals surface area contributed by atoms with Crippen LogP contribution in [0, 0.1) is 0 Å². The van der Waals surface area contributed by atoms with Crippen molar-refractivity contribution in [3.8, 4) is 23.0 Å². The SMILES string of the molecule is CCCCCCOc1ccc(C(=O)Oc2ccc(OC(=O)c3ccc(OCCCCCC)cc3)c(Cl)c2)cc1. The monoisotopic (exact) mass is 552 g/mol. The summed E-state index contributed by atoms with van der Waals surface area (Å²) in [6.45, 7) is 5.64. The second kappa shape index (κ2) is 16.5. The molecule has 0 bridgehead atoms. The molecule has 0 spiro atoms. The summed E-state index contributed by atoms with van der Waals surface area (Å²) < 4.78 is 22.3. The first kappa shape index (κ1) is 30.0. The summed E-state index contributed by atoms with van der Waals surface area (Å²) in [5, 5.41) is 0.146. The Morgan fingerprint density at radius 3 is 1.51 bits per heavy atom. The maximum absolute atomic E-state index is 12.6. The Morgan fingerprint density at radius 2 is 1.05 bits per heavy atom. The average Bonchev–Trinajstić information content (AvgIpc) is 2.95. The van der Waals surface area contributed by atoms with Crippen molar-refractivity contribution in [2.45, 2.75) is 65.2 Å². The molecule has 0 fully saturated rings. The molecular weight excluding hydrogens is 516 g/mol. The lowest BCUT2D eigenvalue weighted by Gasteiger charge is -2.10. The fourth-order valence-corrected chi connectivity index (χ4v) is 3.97. The molecule has 3 rings (SSSR count). The molecule has 0 aliphatic heterocycles.